The van der Waals surface area contributed by atoms with Gasteiger partial charge in [-0.2, -0.15) is 13.2 Å². The minimum absolute atomic E-state index is 0.0306. The van der Waals surface area contributed by atoms with Crippen molar-refractivity contribution in [1.82, 2.24) is 0 Å². The van der Waals surface area contributed by atoms with Gasteiger partial charge in [-0.25, -0.2) is 0 Å². The Bertz CT molecular complexity index is 5770. The van der Waals surface area contributed by atoms with Crippen molar-refractivity contribution < 1.29 is 72.6 Å². The lowest BCUT2D eigenvalue weighted by Gasteiger charge is -2.08. The standard InChI is InChI=1S/C17H13F3O2.3C16H13ClO2.C16H14O2.C15H9Cl3O2/c1-11-7-12(9-14(8-11)17(18,19)20)5-6-16(22)13-3-2-4-15(21)10-13;1-11-10-12(2-8-15(11)17)3-9-16(19)13-4-6-14(18)7-5-13;1-11-4-2-5-12(16(11)17)8-9-15(19)13-6-3-7-14(18)10-13;1-11-5-6-12(15(17)9-11)7-8-16(19)13-3-2-4-14(18)10-13;1-12-4-2-5-13(10-12)8-9-16(18)14-6-3-7-15(17)11-14;16-12-5-6-13(17)15(18)11(12)4-7-14(20)9-2-1-3-10(19)8-9/h2-10,21H,1H3;3*2-10,18H,1H3;2-11,17H,1H3;1-8,19H/b6-5+;9-3+;9-8+;8-7+;9-8+;7-4+. The zero-order valence-electron chi connectivity index (χ0n) is 63.2. The van der Waals surface area contributed by atoms with Gasteiger partial charge in [-0.3, -0.25) is 28.8 Å². The van der Waals surface area contributed by atoms with E-state index in [0.717, 1.165) is 56.6 Å². The molecule has 0 saturated carbocycles. The molecule has 0 heterocycles. The number of carbonyl (C=O) groups excluding carboxylic acids is 6. The van der Waals surface area contributed by atoms with E-state index in [-0.39, 0.29) is 69.0 Å². The number of aryl methyl sites for hydroxylation is 5. The quantitative estimate of drug-likeness (QED) is 0.0268. The summed E-state index contributed by atoms with van der Waals surface area (Å²) in [4.78, 5) is 71.5. The average Bonchev–Trinajstić information content (AvgIpc) is 0.862. The maximum atomic E-state index is 12.7. The fourth-order valence-corrected chi connectivity index (χ4v) is 11.7. The summed E-state index contributed by atoms with van der Waals surface area (Å²) in [6.07, 6.45) is 13.7. The van der Waals surface area contributed by atoms with Crippen LogP contribution in [0.4, 0.5) is 13.2 Å². The summed E-state index contributed by atoms with van der Waals surface area (Å²) in [7, 11) is 0. The molecule has 0 aromatic heterocycles. The Morgan fingerprint density at radius 2 is 0.658 bits per heavy atom. The second-order valence-corrected chi connectivity index (χ2v) is 28.2. The first-order valence-electron chi connectivity index (χ1n) is 35.3. The predicted molar refractivity (Wildman–Crippen MR) is 466 cm³/mol. The van der Waals surface area contributed by atoms with Crippen LogP contribution in [-0.4, -0.2) is 65.3 Å². The van der Waals surface area contributed by atoms with Crippen LogP contribution in [0.1, 0.15) is 129 Å². The highest BCUT2D eigenvalue weighted by Gasteiger charge is 2.31. The number of hydrogen-bond donors (Lipinski definition) is 6. The molecule has 12 rings (SSSR count). The summed E-state index contributed by atoms with van der Waals surface area (Å²) in [5.41, 5.74) is 10.7. The van der Waals surface area contributed by atoms with Crippen LogP contribution in [0.15, 0.2) is 291 Å². The zero-order valence-corrected chi connectivity index (χ0v) is 67.7. The van der Waals surface area contributed by atoms with E-state index >= 15 is 0 Å². The number of phenols is 6. The van der Waals surface area contributed by atoms with Crippen LogP contribution in [0.3, 0.4) is 0 Å². The summed E-state index contributed by atoms with van der Waals surface area (Å²) >= 11 is 36.1. The SMILES string of the molecule is Cc1cc(/C=C/C(=O)c2ccc(O)cc2)ccc1Cl.Cc1cc(/C=C/C(=O)c2cccc(O)c2)cc(C(F)(F)F)c1.Cc1ccc(/C=C/C(=O)c2cccc(O)c2)c(Cl)c1.Cc1cccc(/C=C/C(=O)c2cccc(O)c2)c1.Cc1cccc(/C=C/C(=O)c2cccc(O)c2)c1Cl.O=C(/C=C/c1c(Cl)ccc(Cl)c1Cl)c1cccc(O)c1. The van der Waals surface area contributed by atoms with Crippen LogP contribution in [-0.2, 0) is 6.18 Å². The first-order valence-corrected chi connectivity index (χ1v) is 37.6. The third kappa shape index (κ3) is 30.6. The average molecular weight is 1690 g/mol. The van der Waals surface area contributed by atoms with E-state index < -0.39 is 17.5 Å². The lowest BCUT2D eigenvalue weighted by atomic mass is 10.0. The maximum absolute atomic E-state index is 12.7. The summed E-state index contributed by atoms with van der Waals surface area (Å²) in [6.45, 7) is 9.35. The lowest BCUT2D eigenvalue weighted by molar-refractivity contribution is -0.137. The molecule has 0 spiro atoms. The fraction of sp³-hybridized carbons (Fsp3) is 0.0625. The Hall–Kier alpha value is -12.6. The number of phenolic OH excluding ortho intramolecular Hbond substituents is 6. The molecule has 594 valence electrons. The normalized spacial score (nSPS) is 11.0. The van der Waals surface area contributed by atoms with Crippen molar-refractivity contribution >= 4 is 141 Å². The summed E-state index contributed by atoms with van der Waals surface area (Å²) in [5, 5.41) is 58.8. The molecule has 0 bridgehead atoms. The first kappa shape index (κ1) is 91.6. The van der Waals surface area contributed by atoms with Gasteiger partial charge in [0.05, 0.1) is 20.6 Å². The Labute approximate surface area is 705 Å². The Morgan fingerprint density at radius 3 is 1.10 bits per heavy atom. The van der Waals surface area contributed by atoms with Gasteiger partial charge in [0, 0.05) is 54.0 Å². The van der Waals surface area contributed by atoms with Crippen molar-refractivity contribution in [3.05, 3.63) is 422 Å². The molecule has 0 amide bonds. The van der Waals surface area contributed by atoms with Crippen molar-refractivity contribution in [3.63, 3.8) is 0 Å². The number of hydrogen-bond acceptors (Lipinski definition) is 12. The number of allylic oxidation sites excluding steroid dienone is 6. The second-order valence-electron chi connectivity index (χ2n) is 25.8. The van der Waals surface area contributed by atoms with Gasteiger partial charge in [0.15, 0.2) is 34.7 Å². The van der Waals surface area contributed by atoms with E-state index in [1.54, 1.807) is 116 Å². The molecule has 0 radical (unpaired) electrons. The molecule has 0 fully saturated rings. The van der Waals surface area contributed by atoms with Crippen molar-refractivity contribution in [2.75, 3.05) is 0 Å². The van der Waals surface area contributed by atoms with Crippen LogP contribution in [0.25, 0.3) is 36.5 Å². The molecular weight excluding hydrogens is 1610 g/mol. The Kier molecular flexibility index (Phi) is 35.2. The maximum Gasteiger partial charge on any atom is 0.416 e. The highest BCUT2D eigenvalue weighted by atomic mass is 35.5. The third-order valence-corrected chi connectivity index (χ3v) is 18.8. The molecule has 12 aromatic carbocycles. The van der Waals surface area contributed by atoms with Crippen molar-refractivity contribution in [1.29, 1.82) is 0 Å². The highest BCUT2D eigenvalue weighted by molar-refractivity contribution is 6.45. The van der Waals surface area contributed by atoms with Gasteiger partial charge in [-0.15, -0.1) is 0 Å². The first-order chi connectivity index (χ1) is 55.6. The number of alkyl halides is 3. The molecule has 12 nitrogen and oxygen atoms in total. The van der Waals surface area contributed by atoms with Gasteiger partial charge in [0.1, 0.15) is 34.5 Å². The van der Waals surface area contributed by atoms with Crippen molar-refractivity contribution in [2.45, 2.75) is 40.8 Å². The van der Waals surface area contributed by atoms with E-state index in [1.165, 1.54) is 127 Å². The minimum atomic E-state index is -4.43. The largest absolute Gasteiger partial charge is 0.508 e. The van der Waals surface area contributed by atoms with Gasteiger partial charge in [-0.05, 0) is 261 Å². The molecule has 12 aromatic rings. The van der Waals surface area contributed by atoms with Gasteiger partial charge >= 0.3 is 6.18 Å². The molecule has 6 N–H and O–H groups in total. The van der Waals surface area contributed by atoms with Crippen LogP contribution >= 0.6 is 69.6 Å². The molecule has 0 unspecified atom stereocenters. The smallest absolute Gasteiger partial charge is 0.416 e. The summed E-state index contributed by atoms with van der Waals surface area (Å²) < 4.78 is 38.2. The minimum Gasteiger partial charge on any atom is -0.508 e. The Morgan fingerprint density at radius 1 is 0.274 bits per heavy atom. The number of rotatable bonds is 18. The summed E-state index contributed by atoms with van der Waals surface area (Å²) in [5.74, 6) is -0.851. The number of ketones is 6. The lowest BCUT2D eigenvalue weighted by Crippen LogP contribution is -2.05. The van der Waals surface area contributed by atoms with Crippen LogP contribution in [0.2, 0.25) is 30.1 Å². The molecule has 0 aliphatic rings. The van der Waals surface area contributed by atoms with E-state index in [0.29, 0.717) is 74.6 Å². The van der Waals surface area contributed by atoms with Gasteiger partial charge < -0.3 is 30.6 Å². The van der Waals surface area contributed by atoms with Gasteiger partial charge in [-0.1, -0.05) is 227 Å². The molecule has 0 saturated heterocycles. The van der Waals surface area contributed by atoms with E-state index in [1.807, 2.05) is 107 Å². The van der Waals surface area contributed by atoms with Gasteiger partial charge in [0.2, 0.25) is 0 Å². The van der Waals surface area contributed by atoms with Crippen molar-refractivity contribution in [3.8, 4) is 34.5 Å². The number of benzene rings is 12. The van der Waals surface area contributed by atoms with Crippen molar-refractivity contribution in [2.24, 2.45) is 0 Å². The zero-order chi connectivity index (χ0) is 85.5. The van der Waals surface area contributed by atoms with Gasteiger partial charge in [0.25, 0.3) is 0 Å². The molecule has 21 heteroatoms. The number of aromatic hydroxyl groups is 6. The molecule has 0 atom stereocenters. The second kappa shape index (κ2) is 44.9. The van der Waals surface area contributed by atoms with Crippen LogP contribution in [0, 0.1) is 34.6 Å². The van der Waals surface area contributed by atoms with Crippen LogP contribution < -0.4 is 0 Å². The number of carbonyl (C=O) groups is 6. The molecular formula is C96H75Cl6F3O12. The molecule has 0 aliphatic heterocycles. The van der Waals surface area contributed by atoms with E-state index in [2.05, 4.69) is 0 Å². The molecule has 0 aliphatic carbocycles. The summed E-state index contributed by atoms with van der Waals surface area (Å²) in [6, 6.07) is 68.4. The Balaban J connectivity index is 0.000000194. The topological polar surface area (TPSA) is 224 Å². The third-order valence-electron chi connectivity index (χ3n) is 16.4. The number of halogens is 9. The monoisotopic (exact) mass is 1690 g/mol. The van der Waals surface area contributed by atoms with E-state index in [4.69, 9.17) is 74.7 Å². The van der Waals surface area contributed by atoms with E-state index in [9.17, 15) is 67.5 Å². The highest BCUT2D eigenvalue weighted by Crippen LogP contribution is 2.34. The predicted octanol–water partition coefficient (Wildman–Crippen LogP) is 26.2. The molecule has 117 heavy (non-hydrogen) atoms. The van der Waals surface area contributed by atoms with Crippen LogP contribution in [0.5, 0.6) is 34.5 Å². The fourth-order valence-electron chi connectivity index (χ4n) is 10.4.